The largest absolute Gasteiger partial charge is 0.497 e. The van der Waals surface area contributed by atoms with Crippen molar-refractivity contribution < 1.29 is 14.3 Å². The van der Waals surface area contributed by atoms with Crippen LogP contribution in [0.4, 0.5) is 0 Å². The number of methoxy groups -OCH3 is 1. The van der Waals surface area contributed by atoms with E-state index in [0.29, 0.717) is 31.6 Å². The second-order valence-corrected chi connectivity index (χ2v) is 7.06. The summed E-state index contributed by atoms with van der Waals surface area (Å²) in [5.74, 6) is 0.935. The molecule has 0 unspecified atom stereocenters. The highest BCUT2D eigenvalue weighted by Gasteiger charge is 2.26. The van der Waals surface area contributed by atoms with Gasteiger partial charge in [0, 0.05) is 31.6 Å². The fourth-order valence-electron chi connectivity index (χ4n) is 3.79. The van der Waals surface area contributed by atoms with Crippen molar-refractivity contribution >= 4 is 11.8 Å². The van der Waals surface area contributed by atoms with Crippen LogP contribution in [0.25, 0.3) is 0 Å². The van der Waals surface area contributed by atoms with Gasteiger partial charge in [-0.25, -0.2) is 4.98 Å². The third kappa shape index (κ3) is 3.54. The van der Waals surface area contributed by atoms with E-state index in [0.717, 1.165) is 43.1 Å². The minimum atomic E-state index is 0.00972. The normalized spacial score (nSPS) is 17.0. The molecule has 1 aromatic carbocycles. The second kappa shape index (κ2) is 7.42. The Bertz CT molecular complexity index is 843. The summed E-state index contributed by atoms with van der Waals surface area (Å²) in [4.78, 5) is 33.2. The number of nitrogens with zero attached hydrogens (tertiary/aromatic N) is 4. The Balaban J connectivity index is 1.53. The molecule has 0 N–H and O–H groups in total. The maximum absolute atomic E-state index is 13.0. The molecule has 0 aliphatic carbocycles. The van der Waals surface area contributed by atoms with Gasteiger partial charge in [-0.1, -0.05) is 0 Å². The number of aromatic nitrogens is 2. The van der Waals surface area contributed by atoms with Crippen LogP contribution < -0.4 is 4.74 Å². The zero-order valence-corrected chi connectivity index (χ0v) is 15.6. The van der Waals surface area contributed by atoms with E-state index in [9.17, 15) is 9.59 Å². The molecule has 0 bridgehead atoms. The third-order valence-electron chi connectivity index (χ3n) is 5.34. The van der Waals surface area contributed by atoms with Gasteiger partial charge in [0.05, 0.1) is 37.9 Å². The molecule has 1 fully saturated rings. The first-order valence-corrected chi connectivity index (χ1v) is 9.39. The van der Waals surface area contributed by atoms with Crippen molar-refractivity contribution in [3.63, 3.8) is 0 Å². The topological polar surface area (TPSA) is 67.7 Å². The maximum atomic E-state index is 13.0. The first-order valence-electron chi connectivity index (χ1n) is 9.39. The Morgan fingerprint density at radius 3 is 2.67 bits per heavy atom. The van der Waals surface area contributed by atoms with Crippen molar-refractivity contribution in [3.05, 3.63) is 47.5 Å². The van der Waals surface area contributed by atoms with Gasteiger partial charge >= 0.3 is 0 Å². The molecular formula is C20H24N4O3. The molecular weight excluding hydrogens is 344 g/mol. The highest BCUT2D eigenvalue weighted by Crippen LogP contribution is 2.22. The number of carbonyl (C=O) groups is 2. The number of hydrogen-bond donors (Lipinski definition) is 0. The molecule has 3 heterocycles. The first-order chi connectivity index (χ1) is 13.2. The van der Waals surface area contributed by atoms with Crippen LogP contribution >= 0.6 is 0 Å². The van der Waals surface area contributed by atoms with E-state index >= 15 is 0 Å². The number of aryl methyl sites for hydroxylation is 1. The molecule has 0 atom stereocenters. The van der Waals surface area contributed by atoms with Crippen molar-refractivity contribution in [1.82, 2.24) is 19.4 Å². The molecule has 1 saturated heterocycles. The lowest BCUT2D eigenvalue weighted by molar-refractivity contribution is -0.128. The Kier molecular flexibility index (Phi) is 4.83. The molecule has 2 aliphatic heterocycles. The molecule has 27 heavy (non-hydrogen) atoms. The Hall–Kier alpha value is -2.83. The monoisotopic (exact) mass is 368 g/mol. The van der Waals surface area contributed by atoms with E-state index < -0.39 is 0 Å². The second-order valence-electron chi connectivity index (χ2n) is 7.06. The van der Waals surface area contributed by atoms with E-state index in [2.05, 4.69) is 9.55 Å². The van der Waals surface area contributed by atoms with E-state index in [1.54, 1.807) is 31.4 Å². The predicted molar refractivity (Wildman–Crippen MR) is 99.2 cm³/mol. The molecule has 2 aliphatic rings. The molecule has 7 heteroatoms. The number of imidazole rings is 1. The van der Waals surface area contributed by atoms with E-state index in [1.165, 1.54) is 0 Å². The number of amides is 2. The lowest BCUT2D eigenvalue weighted by Crippen LogP contribution is -2.31. The fraction of sp³-hybridized carbons (Fsp3) is 0.450. The number of benzene rings is 1. The molecule has 142 valence electrons. The Morgan fingerprint density at radius 1 is 1.15 bits per heavy atom. The molecule has 1 aromatic heterocycles. The average molecular weight is 368 g/mol. The van der Waals surface area contributed by atoms with Gasteiger partial charge in [0.25, 0.3) is 5.91 Å². The summed E-state index contributed by atoms with van der Waals surface area (Å²) >= 11 is 0. The quantitative estimate of drug-likeness (QED) is 0.828. The average Bonchev–Trinajstić information content (AvgIpc) is 3.20. The van der Waals surface area contributed by atoms with E-state index in [1.807, 2.05) is 16.1 Å². The van der Waals surface area contributed by atoms with Gasteiger partial charge < -0.3 is 19.1 Å². The lowest BCUT2D eigenvalue weighted by Gasteiger charge is -2.22. The van der Waals surface area contributed by atoms with Gasteiger partial charge in [0.1, 0.15) is 5.75 Å². The minimum absolute atomic E-state index is 0.00972. The number of likely N-dealkylation sites (tertiary alicyclic amines) is 1. The van der Waals surface area contributed by atoms with Crippen molar-refractivity contribution in [1.29, 1.82) is 0 Å². The molecule has 0 spiro atoms. The van der Waals surface area contributed by atoms with Crippen LogP contribution in [-0.4, -0.2) is 51.4 Å². The number of ether oxygens (including phenoxy) is 1. The van der Waals surface area contributed by atoms with Gasteiger partial charge in [-0.2, -0.15) is 0 Å². The summed E-state index contributed by atoms with van der Waals surface area (Å²) in [6.45, 7) is 3.38. The molecule has 2 amide bonds. The number of carbonyl (C=O) groups excluding carboxylic acids is 2. The molecule has 2 aromatic rings. The van der Waals surface area contributed by atoms with E-state index in [-0.39, 0.29) is 11.8 Å². The van der Waals surface area contributed by atoms with Crippen molar-refractivity contribution in [3.8, 4) is 5.75 Å². The molecule has 4 rings (SSSR count). The molecule has 7 nitrogen and oxygen atoms in total. The van der Waals surface area contributed by atoms with Gasteiger partial charge in [0.2, 0.25) is 5.91 Å². The molecule has 0 saturated carbocycles. The first kappa shape index (κ1) is 17.6. The smallest absolute Gasteiger partial charge is 0.254 e. The van der Waals surface area contributed by atoms with E-state index in [4.69, 9.17) is 4.74 Å². The Morgan fingerprint density at radius 2 is 1.96 bits per heavy atom. The predicted octanol–water partition coefficient (Wildman–Crippen LogP) is 2.06. The number of fused-ring (bicyclic) bond motifs is 1. The summed E-state index contributed by atoms with van der Waals surface area (Å²) in [6, 6.07) is 7.21. The van der Waals surface area contributed by atoms with Crippen LogP contribution in [0.3, 0.4) is 0 Å². The van der Waals surface area contributed by atoms with Crippen LogP contribution in [-0.2, 0) is 24.4 Å². The minimum Gasteiger partial charge on any atom is -0.497 e. The summed E-state index contributed by atoms with van der Waals surface area (Å²) < 4.78 is 7.29. The summed E-state index contributed by atoms with van der Waals surface area (Å²) in [5.41, 5.74) is 2.59. The van der Waals surface area contributed by atoms with Gasteiger partial charge in [-0.05, 0) is 37.1 Å². The van der Waals surface area contributed by atoms with Crippen LogP contribution in [0.1, 0.15) is 41.0 Å². The van der Waals surface area contributed by atoms with Gasteiger partial charge in [-0.3, -0.25) is 9.59 Å². The van der Waals surface area contributed by atoms with Crippen LogP contribution in [0, 0.1) is 0 Å². The molecule has 0 radical (unpaired) electrons. The number of rotatable bonds is 4. The highest BCUT2D eigenvalue weighted by atomic mass is 16.5. The van der Waals surface area contributed by atoms with Crippen LogP contribution in [0.5, 0.6) is 5.75 Å². The van der Waals surface area contributed by atoms with Gasteiger partial charge in [-0.15, -0.1) is 0 Å². The zero-order valence-electron chi connectivity index (χ0n) is 15.6. The van der Waals surface area contributed by atoms with Crippen molar-refractivity contribution in [2.24, 2.45) is 0 Å². The third-order valence-corrected chi connectivity index (χ3v) is 5.34. The number of hydrogen-bond acceptors (Lipinski definition) is 4. The fourth-order valence-corrected chi connectivity index (χ4v) is 3.79. The van der Waals surface area contributed by atoms with Crippen LogP contribution in [0.2, 0.25) is 0 Å². The van der Waals surface area contributed by atoms with Crippen molar-refractivity contribution in [2.75, 3.05) is 20.2 Å². The highest BCUT2D eigenvalue weighted by molar-refractivity contribution is 5.94. The van der Waals surface area contributed by atoms with Crippen LogP contribution in [0.15, 0.2) is 30.6 Å². The Labute approximate surface area is 158 Å². The SMILES string of the molecule is COc1ccc(C(=O)N2CCCn3cnc(CN4CCCC4=O)c3C2)cc1. The zero-order chi connectivity index (χ0) is 18.8. The van der Waals surface area contributed by atoms with Gasteiger partial charge in [0.15, 0.2) is 0 Å². The standard InChI is InChI=1S/C20H24N4O3/c1-27-16-7-5-15(6-8-16)20(26)23-10-3-11-24-14-21-17(18(24)13-23)12-22-9-2-4-19(22)25/h5-8,14H,2-4,9-13H2,1H3. The lowest BCUT2D eigenvalue weighted by atomic mass is 10.1. The summed E-state index contributed by atoms with van der Waals surface area (Å²) in [7, 11) is 1.61. The summed E-state index contributed by atoms with van der Waals surface area (Å²) in [5, 5.41) is 0. The maximum Gasteiger partial charge on any atom is 0.254 e. The van der Waals surface area contributed by atoms with Crippen molar-refractivity contribution in [2.45, 2.75) is 38.9 Å². The summed E-state index contributed by atoms with van der Waals surface area (Å²) in [6.07, 6.45) is 4.26.